The van der Waals surface area contributed by atoms with Gasteiger partial charge in [-0.2, -0.15) is 0 Å². The molecule has 19 heavy (non-hydrogen) atoms. The maximum Gasteiger partial charge on any atom is 0.116 e. The molecule has 3 heterocycles. The summed E-state index contributed by atoms with van der Waals surface area (Å²) in [7, 11) is 0. The summed E-state index contributed by atoms with van der Waals surface area (Å²) < 4.78 is 11.7. The van der Waals surface area contributed by atoms with Gasteiger partial charge in [-0.1, -0.05) is 6.07 Å². The van der Waals surface area contributed by atoms with Crippen LogP contribution in [0.25, 0.3) is 0 Å². The fourth-order valence-corrected chi connectivity index (χ4v) is 2.77. The van der Waals surface area contributed by atoms with Gasteiger partial charge in [0.1, 0.15) is 5.60 Å². The standard InChI is InChI=1S/C14H21N3O2/c1-2-13(8-15-3-1)9-17-5-7-18-12-14(11-17)10-16-4-6-19-14/h1-3,8,16H,4-7,9-12H2/t14-/m1/s1. The molecule has 0 bridgehead atoms. The Morgan fingerprint density at radius 2 is 2.42 bits per heavy atom. The van der Waals surface area contributed by atoms with Gasteiger partial charge in [0.25, 0.3) is 0 Å². The summed E-state index contributed by atoms with van der Waals surface area (Å²) in [5.41, 5.74) is 1.06. The normalized spacial score (nSPS) is 29.3. The van der Waals surface area contributed by atoms with Crippen molar-refractivity contribution >= 4 is 0 Å². The lowest BCUT2D eigenvalue weighted by Gasteiger charge is -2.38. The molecule has 1 N–H and O–H groups in total. The van der Waals surface area contributed by atoms with Crippen LogP contribution in [0, 0.1) is 0 Å². The molecule has 1 aromatic heterocycles. The summed E-state index contributed by atoms with van der Waals surface area (Å²) in [5.74, 6) is 0. The topological polar surface area (TPSA) is 46.6 Å². The Morgan fingerprint density at radius 3 is 3.21 bits per heavy atom. The first kappa shape index (κ1) is 13.0. The van der Waals surface area contributed by atoms with Crippen molar-refractivity contribution in [3.05, 3.63) is 30.1 Å². The maximum atomic E-state index is 6.01. The van der Waals surface area contributed by atoms with Crippen molar-refractivity contribution < 1.29 is 9.47 Å². The Labute approximate surface area is 113 Å². The average Bonchev–Trinajstić information content (AvgIpc) is 2.63. The van der Waals surface area contributed by atoms with Crippen LogP contribution in [-0.4, -0.2) is 61.5 Å². The summed E-state index contributed by atoms with van der Waals surface area (Å²) in [6, 6.07) is 4.10. The zero-order valence-corrected chi connectivity index (χ0v) is 11.2. The molecule has 2 fully saturated rings. The van der Waals surface area contributed by atoms with Gasteiger partial charge in [-0.3, -0.25) is 9.88 Å². The van der Waals surface area contributed by atoms with Gasteiger partial charge in [0.15, 0.2) is 0 Å². The Morgan fingerprint density at radius 1 is 1.42 bits per heavy atom. The van der Waals surface area contributed by atoms with Crippen molar-refractivity contribution in [1.82, 2.24) is 15.2 Å². The molecule has 2 aliphatic rings. The van der Waals surface area contributed by atoms with Crippen LogP contribution in [0.1, 0.15) is 5.56 Å². The minimum Gasteiger partial charge on any atom is -0.377 e. The second-order valence-electron chi connectivity index (χ2n) is 5.33. The van der Waals surface area contributed by atoms with Crippen LogP contribution < -0.4 is 5.32 Å². The molecule has 1 aromatic rings. The van der Waals surface area contributed by atoms with Crippen molar-refractivity contribution in [3.8, 4) is 0 Å². The van der Waals surface area contributed by atoms with Gasteiger partial charge >= 0.3 is 0 Å². The van der Waals surface area contributed by atoms with Crippen LogP contribution in [0.2, 0.25) is 0 Å². The molecule has 1 atom stereocenters. The first-order chi connectivity index (χ1) is 9.36. The Balaban J connectivity index is 1.67. The molecule has 2 saturated heterocycles. The SMILES string of the molecule is c1cncc(CN2CCOC[C@@]3(CNCCO3)C2)c1. The quantitative estimate of drug-likeness (QED) is 0.830. The number of ether oxygens (including phenoxy) is 2. The molecule has 5 heteroatoms. The zero-order valence-electron chi connectivity index (χ0n) is 11.2. The van der Waals surface area contributed by atoms with E-state index < -0.39 is 0 Å². The lowest BCUT2D eigenvalue weighted by atomic mass is 10.0. The molecule has 5 nitrogen and oxygen atoms in total. The Kier molecular flexibility index (Phi) is 4.08. The molecule has 0 radical (unpaired) electrons. The van der Waals surface area contributed by atoms with E-state index in [1.54, 1.807) is 0 Å². The predicted molar refractivity (Wildman–Crippen MR) is 71.9 cm³/mol. The highest BCUT2D eigenvalue weighted by Crippen LogP contribution is 2.20. The number of hydrogen-bond donors (Lipinski definition) is 1. The first-order valence-electron chi connectivity index (χ1n) is 6.90. The molecule has 3 rings (SSSR count). The second kappa shape index (κ2) is 5.96. The highest BCUT2D eigenvalue weighted by molar-refractivity contribution is 5.08. The smallest absolute Gasteiger partial charge is 0.116 e. The van der Waals surface area contributed by atoms with Crippen molar-refractivity contribution in [2.45, 2.75) is 12.1 Å². The van der Waals surface area contributed by atoms with Crippen LogP contribution in [0.15, 0.2) is 24.5 Å². The van der Waals surface area contributed by atoms with E-state index in [4.69, 9.17) is 9.47 Å². The van der Waals surface area contributed by atoms with Gasteiger partial charge in [-0.05, 0) is 11.6 Å². The molecular weight excluding hydrogens is 242 g/mol. The van der Waals surface area contributed by atoms with Crippen molar-refractivity contribution in [2.24, 2.45) is 0 Å². The zero-order chi connectivity index (χ0) is 13.0. The average molecular weight is 263 g/mol. The van der Waals surface area contributed by atoms with E-state index in [9.17, 15) is 0 Å². The molecule has 1 spiro atoms. The van der Waals surface area contributed by atoms with Crippen molar-refractivity contribution in [3.63, 3.8) is 0 Å². The number of pyridine rings is 1. The number of aromatic nitrogens is 1. The highest BCUT2D eigenvalue weighted by atomic mass is 16.5. The second-order valence-corrected chi connectivity index (χ2v) is 5.33. The van der Waals surface area contributed by atoms with Crippen LogP contribution in [-0.2, 0) is 16.0 Å². The van der Waals surface area contributed by atoms with Gasteiger partial charge in [0.2, 0.25) is 0 Å². The highest BCUT2D eigenvalue weighted by Gasteiger charge is 2.37. The number of hydrogen-bond acceptors (Lipinski definition) is 5. The summed E-state index contributed by atoms with van der Waals surface area (Å²) in [6.45, 7) is 6.79. The molecule has 2 aliphatic heterocycles. The fourth-order valence-electron chi connectivity index (χ4n) is 2.77. The van der Waals surface area contributed by atoms with E-state index in [2.05, 4.69) is 21.3 Å². The molecule has 0 saturated carbocycles. The van der Waals surface area contributed by atoms with Crippen LogP contribution >= 0.6 is 0 Å². The monoisotopic (exact) mass is 263 g/mol. The third-order valence-electron chi connectivity index (χ3n) is 3.69. The number of nitrogens with zero attached hydrogens (tertiary/aromatic N) is 2. The molecule has 0 aliphatic carbocycles. The van der Waals surface area contributed by atoms with Gasteiger partial charge in [-0.25, -0.2) is 0 Å². The minimum atomic E-state index is -0.184. The molecular formula is C14H21N3O2. The lowest BCUT2D eigenvalue weighted by molar-refractivity contribution is -0.108. The Bertz CT molecular complexity index is 393. The van der Waals surface area contributed by atoms with Crippen LogP contribution in [0.4, 0.5) is 0 Å². The maximum absolute atomic E-state index is 6.01. The van der Waals surface area contributed by atoms with E-state index >= 15 is 0 Å². The summed E-state index contributed by atoms with van der Waals surface area (Å²) >= 11 is 0. The van der Waals surface area contributed by atoms with E-state index in [-0.39, 0.29) is 5.60 Å². The lowest BCUT2D eigenvalue weighted by Crippen LogP contribution is -2.57. The summed E-state index contributed by atoms with van der Waals surface area (Å²) in [5, 5.41) is 3.41. The van der Waals surface area contributed by atoms with Gasteiger partial charge in [0, 0.05) is 45.1 Å². The van der Waals surface area contributed by atoms with Gasteiger partial charge in [0.05, 0.1) is 19.8 Å². The number of nitrogens with one attached hydrogen (secondary N) is 1. The van der Waals surface area contributed by atoms with Crippen LogP contribution in [0.5, 0.6) is 0 Å². The van der Waals surface area contributed by atoms with Gasteiger partial charge < -0.3 is 14.8 Å². The third-order valence-corrected chi connectivity index (χ3v) is 3.69. The molecule has 0 amide bonds. The summed E-state index contributed by atoms with van der Waals surface area (Å²) in [4.78, 5) is 6.58. The Hall–Kier alpha value is -1.01. The van der Waals surface area contributed by atoms with E-state index in [1.165, 1.54) is 5.56 Å². The molecule has 0 aromatic carbocycles. The number of morpholine rings is 1. The van der Waals surface area contributed by atoms with E-state index in [0.29, 0.717) is 6.61 Å². The number of rotatable bonds is 2. The van der Waals surface area contributed by atoms with Crippen LogP contribution in [0.3, 0.4) is 0 Å². The molecule has 104 valence electrons. The van der Waals surface area contributed by atoms with Gasteiger partial charge in [-0.15, -0.1) is 0 Å². The van der Waals surface area contributed by atoms with Crippen molar-refractivity contribution in [1.29, 1.82) is 0 Å². The summed E-state index contributed by atoms with van der Waals surface area (Å²) in [6.07, 6.45) is 3.74. The fraction of sp³-hybridized carbons (Fsp3) is 0.643. The third kappa shape index (κ3) is 3.30. The largest absolute Gasteiger partial charge is 0.377 e. The van der Waals surface area contributed by atoms with E-state index in [1.807, 2.05) is 18.5 Å². The predicted octanol–water partition coefficient (Wildman–Crippen LogP) is 0.272. The van der Waals surface area contributed by atoms with Crippen molar-refractivity contribution in [2.75, 3.05) is 46.0 Å². The first-order valence-corrected chi connectivity index (χ1v) is 6.90. The van der Waals surface area contributed by atoms with E-state index in [0.717, 1.165) is 45.9 Å². The molecule has 0 unspecified atom stereocenters. The minimum absolute atomic E-state index is 0.184.